The zero-order valence-electron chi connectivity index (χ0n) is 10.1. The quantitative estimate of drug-likeness (QED) is 0.691. The van der Waals surface area contributed by atoms with Gasteiger partial charge in [0.1, 0.15) is 5.82 Å². The van der Waals surface area contributed by atoms with Crippen molar-refractivity contribution < 1.29 is 4.39 Å². The minimum Gasteiger partial charge on any atom is -0.306 e. The van der Waals surface area contributed by atoms with Gasteiger partial charge in [-0.2, -0.15) is 0 Å². The highest BCUT2D eigenvalue weighted by Gasteiger charge is 2.19. The van der Waals surface area contributed by atoms with Crippen molar-refractivity contribution >= 4 is 34.2 Å². The van der Waals surface area contributed by atoms with E-state index in [-0.39, 0.29) is 16.3 Å². The van der Waals surface area contributed by atoms with Gasteiger partial charge in [0.05, 0.1) is 16.4 Å². The third-order valence-electron chi connectivity index (χ3n) is 3.09. The first-order valence-electron chi connectivity index (χ1n) is 5.86. The number of hydrogen-bond acceptors (Lipinski definition) is 1. The summed E-state index contributed by atoms with van der Waals surface area (Å²) in [5.41, 5.74) is 1.87. The Bertz CT molecular complexity index is 820. The number of nitrogens with one attached hydrogen (secondary N) is 2. The van der Waals surface area contributed by atoms with Crippen LogP contribution in [0.4, 0.5) is 4.39 Å². The first-order chi connectivity index (χ1) is 9.56. The van der Waals surface area contributed by atoms with Crippen LogP contribution in [0, 0.1) is 5.82 Å². The summed E-state index contributed by atoms with van der Waals surface area (Å²) in [6, 6.07) is 9.57. The molecule has 1 aromatic heterocycles. The molecule has 20 heavy (non-hydrogen) atoms. The van der Waals surface area contributed by atoms with Gasteiger partial charge in [-0.3, -0.25) is 0 Å². The molecule has 102 valence electrons. The summed E-state index contributed by atoms with van der Waals surface area (Å²) in [6.07, 6.45) is 0. The van der Waals surface area contributed by atoms with Crippen LogP contribution in [0.25, 0.3) is 11.0 Å². The average Bonchev–Trinajstić information content (AvgIpc) is 2.77. The molecule has 0 saturated carbocycles. The lowest BCUT2D eigenvalue weighted by Gasteiger charge is -2.13. The van der Waals surface area contributed by atoms with Crippen LogP contribution in [-0.2, 0) is 0 Å². The summed E-state index contributed by atoms with van der Waals surface area (Å²) < 4.78 is 13.9. The van der Waals surface area contributed by atoms with E-state index < -0.39 is 11.2 Å². The standard InChI is InChI=1S/C14H9Cl2FN2O/c15-8-2-1-3-9(17)12(8)13(16)7-4-5-10-11(6-7)19-14(20)18-10/h1-6,13H,(H2,18,19,20). The molecule has 0 aliphatic heterocycles. The zero-order chi connectivity index (χ0) is 14.3. The van der Waals surface area contributed by atoms with E-state index >= 15 is 0 Å². The Morgan fingerprint density at radius 2 is 1.85 bits per heavy atom. The summed E-state index contributed by atoms with van der Waals surface area (Å²) in [5.74, 6) is -0.458. The van der Waals surface area contributed by atoms with Crippen molar-refractivity contribution in [2.75, 3.05) is 0 Å². The molecule has 0 amide bonds. The van der Waals surface area contributed by atoms with Gasteiger partial charge in [0, 0.05) is 10.6 Å². The number of aromatic amines is 2. The van der Waals surface area contributed by atoms with Gasteiger partial charge in [0.2, 0.25) is 0 Å². The van der Waals surface area contributed by atoms with Gasteiger partial charge in [-0.05, 0) is 29.8 Å². The molecule has 6 heteroatoms. The summed E-state index contributed by atoms with van der Waals surface area (Å²) in [7, 11) is 0. The molecule has 0 bridgehead atoms. The lowest BCUT2D eigenvalue weighted by molar-refractivity contribution is 0.612. The van der Waals surface area contributed by atoms with Crippen LogP contribution in [-0.4, -0.2) is 9.97 Å². The highest BCUT2D eigenvalue weighted by Crippen LogP contribution is 2.35. The molecular formula is C14H9Cl2FN2O. The molecule has 2 aromatic carbocycles. The van der Waals surface area contributed by atoms with Gasteiger partial charge in [0.15, 0.2) is 0 Å². The highest BCUT2D eigenvalue weighted by molar-refractivity contribution is 6.33. The first-order valence-corrected chi connectivity index (χ1v) is 6.67. The highest BCUT2D eigenvalue weighted by atomic mass is 35.5. The molecular weight excluding hydrogens is 302 g/mol. The molecule has 0 aliphatic carbocycles. The zero-order valence-corrected chi connectivity index (χ0v) is 11.6. The van der Waals surface area contributed by atoms with Crippen molar-refractivity contribution in [2.24, 2.45) is 0 Å². The molecule has 1 atom stereocenters. The van der Waals surface area contributed by atoms with Crippen LogP contribution in [0.5, 0.6) is 0 Å². The summed E-state index contributed by atoms with van der Waals surface area (Å²) in [6.45, 7) is 0. The Balaban J connectivity index is 2.12. The third kappa shape index (κ3) is 2.21. The smallest absolute Gasteiger partial charge is 0.306 e. The summed E-state index contributed by atoms with van der Waals surface area (Å²) >= 11 is 12.3. The normalized spacial score (nSPS) is 12.8. The lowest BCUT2D eigenvalue weighted by atomic mass is 10.0. The van der Waals surface area contributed by atoms with Crippen LogP contribution < -0.4 is 5.69 Å². The van der Waals surface area contributed by atoms with Crippen LogP contribution in [0.2, 0.25) is 5.02 Å². The Morgan fingerprint density at radius 1 is 1.10 bits per heavy atom. The Labute approximate surface area is 123 Å². The van der Waals surface area contributed by atoms with E-state index in [1.165, 1.54) is 12.1 Å². The van der Waals surface area contributed by atoms with Crippen molar-refractivity contribution in [2.45, 2.75) is 5.38 Å². The number of H-pyrrole nitrogens is 2. The molecule has 0 radical (unpaired) electrons. The molecule has 0 saturated heterocycles. The van der Waals surface area contributed by atoms with Gasteiger partial charge < -0.3 is 9.97 Å². The molecule has 1 unspecified atom stereocenters. The van der Waals surface area contributed by atoms with Crippen molar-refractivity contribution in [3.63, 3.8) is 0 Å². The maximum absolute atomic E-state index is 13.9. The number of aromatic nitrogens is 2. The summed E-state index contributed by atoms with van der Waals surface area (Å²) in [4.78, 5) is 16.5. The number of benzene rings is 2. The van der Waals surface area contributed by atoms with E-state index in [2.05, 4.69) is 9.97 Å². The SMILES string of the molecule is O=c1[nH]c2ccc(C(Cl)c3c(F)cccc3Cl)cc2[nH]1. The Hall–Kier alpha value is -1.78. The van der Waals surface area contributed by atoms with Gasteiger partial charge in [-0.15, -0.1) is 11.6 Å². The maximum Gasteiger partial charge on any atom is 0.323 e. The molecule has 0 aliphatic rings. The lowest BCUT2D eigenvalue weighted by Crippen LogP contribution is -1.99. The number of hydrogen-bond donors (Lipinski definition) is 2. The van der Waals surface area contributed by atoms with E-state index in [1.54, 1.807) is 24.3 Å². The fourth-order valence-electron chi connectivity index (χ4n) is 2.13. The molecule has 0 fully saturated rings. The minimum atomic E-state index is -0.730. The number of rotatable bonds is 2. The monoisotopic (exact) mass is 310 g/mol. The number of imidazole rings is 1. The number of fused-ring (bicyclic) bond motifs is 1. The maximum atomic E-state index is 13.9. The second kappa shape index (κ2) is 4.96. The molecule has 0 spiro atoms. The van der Waals surface area contributed by atoms with Gasteiger partial charge in [0.25, 0.3) is 0 Å². The second-order valence-electron chi connectivity index (χ2n) is 4.38. The largest absolute Gasteiger partial charge is 0.323 e. The predicted molar refractivity (Wildman–Crippen MR) is 78.0 cm³/mol. The predicted octanol–water partition coefficient (Wildman–Crippen LogP) is 3.98. The summed E-state index contributed by atoms with van der Waals surface area (Å²) in [5, 5.41) is -0.459. The van der Waals surface area contributed by atoms with E-state index in [0.29, 0.717) is 16.6 Å². The fourth-order valence-corrected chi connectivity index (χ4v) is 2.81. The molecule has 3 nitrogen and oxygen atoms in total. The average molecular weight is 311 g/mol. The van der Waals surface area contributed by atoms with Crippen LogP contribution in [0.3, 0.4) is 0 Å². The van der Waals surface area contributed by atoms with Crippen molar-refractivity contribution in [3.8, 4) is 0 Å². The van der Waals surface area contributed by atoms with Gasteiger partial charge in [-0.25, -0.2) is 9.18 Å². The first kappa shape index (κ1) is 13.2. The van der Waals surface area contributed by atoms with Crippen LogP contribution in [0.1, 0.15) is 16.5 Å². The van der Waals surface area contributed by atoms with Gasteiger partial charge >= 0.3 is 5.69 Å². The van der Waals surface area contributed by atoms with Crippen LogP contribution >= 0.6 is 23.2 Å². The van der Waals surface area contributed by atoms with Crippen molar-refractivity contribution in [3.05, 3.63) is 68.8 Å². The number of alkyl halides is 1. The van der Waals surface area contributed by atoms with Crippen LogP contribution in [0.15, 0.2) is 41.2 Å². The molecule has 2 N–H and O–H groups in total. The minimum absolute atomic E-state index is 0.230. The molecule has 3 rings (SSSR count). The van der Waals surface area contributed by atoms with E-state index in [9.17, 15) is 9.18 Å². The topological polar surface area (TPSA) is 48.6 Å². The third-order valence-corrected chi connectivity index (χ3v) is 3.89. The van der Waals surface area contributed by atoms with E-state index in [1.807, 2.05) is 0 Å². The Morgan fingerprint density at radius 3 is 2.60 bits per heavy atom. The molecule has 3 aromatic rings. The van der Waals surface area contributed by atoms with E-state index in [4.69, 9.17) is 23.2 Å². The van der Waals surface area contributed by atoms with Crippen molar-refractivity contribution in [1.82, 2.24) is 9.97 Å². The number of halogens is 3. The molecule has 1 heterocycles. The fraction of sp³-hybridized carbons (Fsp3) is 0.0714. The van der Waals surface area contributed by atoms with Gasteiger partial charge in [-0.1, -0.05) is 23.7 Å². The van der Waals surface area contributed by atoms with Crippen molar-refractivity contribution in [1.29, 1.82) is 0 Å². The Kier molecular flexibility index (Phi) is 3.28. The second-order valence-corrected chi connectivity index (χ2v) is 5.23. The van der Waals surface area contributed by atoms with E-state index in [0.717, 1.165) is 0 Å².